The number of piperazine rings is 1. The van der Waals surface area contributed by atoms with E-state index in [1.54, 1.807) is 30.3 Å². The predicted molar refractivity (Wildman–Crippen MR) is 211 cm³/mol. The number of hydrogen-bond donors (Lipinski definition) is 2. The van der Waals surface area contributed by atoms with E-state index in [4.69, 9.17) is 16.3 Å². The van der Waals surface area contributed by atoms with E-state index in [2.05, 4.69) is 54.2 Å². The number of hydrogen-bond acceptors (Lipinski definition) is 9. The Morgan fingerprint density at radius 1 is 0.946 bits per heavy atom. The number of amides is 5. The van der Waals surface area contributed by atoms with Crippen molar-refractivity contribution in [3.8, 4) is 11.8 Å². The lowest BCUT2D eigenvalue weighted by Crippen LogP contribution is -2.74. The number of nitrogens with one attached hydrogen (secondary N) is 2. The standard InChI is InChI=1S/C43H47ClN6O6/c1-42(2)40(43(3,4)41(42)56-30-16-13-28(25-45)32(44)24-30)47-36(52)27-11-14-29(15-12-27)49-22-20-48(21-23-49)19-6-5-8-26-9-7-10-31-35(26)39(55)50(38(31)54)33-17-18-34(51)46-37(33)53/h7,9-16,24,33,40-41H,5-6,8,17-23H2,1-4H3,(H,47,52)(H,46,51,53). The minimum atomic E-state index is -0.972. The smallest absolute Gasteiger partial charge is 0.262 e. The summed E-state index contributed by atoms with van der Waals surface area (Å²) >= 11 is 6.24. The first-order valence-electron chi connectivity index (χ1n) is 19.3. The average Bonchev–Trinajstić information content (AvgIpc) is 3.43. The summed E-state index contributed by atoms with van der Waals surface area (Å²) in [5.41, 5.74) is 2.85. The highest BCUT2D eigenvalue weighted by molar-refractivity contribution is 6.31. The van der Waals surface area contributed by atoms with Crippen LogP contribution in [0.1, 0.15) is 95.6 Å². The normalized spacial score (nSPS) is 22.9. The molecule has 7 rings (SSSR count). The quantitative estimate of drug-likeness (QED) is 0.193. The first-order valence-corrected chi connectivity index (χ1v) is 19.7. The molecule has 3 fully saturated rings. The molecule has 2 saturated heterocycles. The number of nitriles is 1. The van der Waals surface area contributed by atoms with Crippen molar-refractivity contribution in [2.75, 3.05) is 37.6 Å². The molecule has 3 aliphatic heterocycles. The van der Waals surface area contributed by atoms with Gasteiger partial charge in [-0.2, -0.15) is 5.26 Å². The van der Waals surface area contributed by atoms with Gasteiger partial charge in [-0.15, -0.1) is 0 Å². The molecule has 3 heterocycles. The number of anilines is 1. The number of carbonyl (C=O) groups excluding carboxylic acids is 5. The van der Waals surface area contributed by atoms with Crippen molar-refractivity contribution in [2.45, 2.75) is 78.0 Å². The van der Waals surface area contributed by atoms with Gasteiger partial charge in [-0.1, -0.05) is 51.4 Å². The predicted octanol–water partition coefficient (Wildman–Crippen LogP) is 5.37. The molecule has 1 aliphatic carbocycles. The molecule has 56 heavy (non-hydrogen) atoms. The zero-order chi connectivity index (χ0) is 39.9. The molecule has 0 aromatic heterocycles. The number of imide groups is 2. The Morgan fingerprint density at radius 2 is 1.66 bits per heavy atom. The summed E-state index contributed by atoms with van der Waals surface area (Å²) in [4.78, 5) is 69.9. The maximum Gasteiger partial charge on any atom is 0.262 e. The van der Waals surface area contributed by atoms with Gasteiger partial charge in [0.2, 0.25) is 11.8 Å². The van der Waals surface area contributed by atoms with Crippen molar-refractivity contribution in [1.82, 2.24) is 20.4 Å². The summed E-state index contributed by atoms with van der Waals surface area (Å²) in [5, 5.41) is 15.1. The lowest BCUT2D eigenvalue weighted by molar-refractivity contribution is -0.164. The van der Waals surface area contributed by atoms with Gasteiger partial charge < -0.3 is 15.0 Å². The summed E-state index contributed by atoms with van der Waals surface area (Å²) in [7, 11) is 0. The van der Waals surface area contributed by atoms with Crippen LogP contribution in [0.4, 0.5) is 5.69 Å². The fourth-order valence-electron chi connectivity index (χ4n) is 9.31. The first kappa shape index (κ1) is 39.0. The van der Waals surface area contributed by atoms with Crippen LogP contribution in [0.3, 0.4) is 0 Å². The fraction of sp³-hybridized carbons (Fsp3) is 0.442. The minimum absolute atomic E-state index is 0.0904. The van der Waals surface area contributed by atoms with E-state index in [9.17, 15) is 29.2 Å². The van der Waals surface area contributed by atoms with Crippen LogP contribution in [-0.2, 0) is 16.0 Å². The Labute approximate surface area is 332 Å². The molecule has 13 heteroatoms. The Bertz CT molecular complexity index is 2100. The van der Waals surface area contributed by atoms with Gasteiger partial charge >= 0.3 is 0 Å². The van der Waals surface area contributed by atoms with E-state index >= 15 is 0 Å². The second-order valence-corrected chi connectivity index (χ2v) is 16.8. The number of piperidine rings is 1. The highest BCUT2D eigenvalue weighted by atomic mass is 35.5. The highest BCUT2D eigenvalue weighted by Crippen LogP contribution is 2.55. The number of unbranched alkanes of at least 4 members (excludes halogenated alkanes) is 1. The van der Waals surface area contributed by atoms with Crippen molar-refractivity contribution in [1.29, 1.82) is 5.26 Å². The molecule has 0 bridgehead atoms. The summed E-state index contributed by atoms with van der Waals surface area (Å²) in [6.45, 7) is 12.8. The van der Waals surface area contributed by atoms with Crippen molar-refractivity contribution in [2.24, 2.45) is 10.8 Å². The van der Waals surface area contributed by atoms with Crippen LogP contribution >= 0.6 is 11.6 Å². The molecule has 4 aliphatic rings. The van der Waals surface area contributed by atoms with E-state index in [-0.39, 0.29) is 41.7 Å². The third-order valence-corrected chi connectivity index (χ3v) is 12.3. The number of aryl methyl sites for hydroxylation is 1. The third kappa shape index (κ3) is 7.26. The Balaban J connectivity index is 0.863. The summed E-state index contributed by atoms with van der Waals surface area (Å²) < 4.78 is 6.37. The summed E-state index contributed by atoms with van der Waals surface area (Å²) in [6.07, 6.45) is 2.45. The van der Waals surface area contributed by atoms with Crippen LogP contribution in [0.5, 0.6) is 5.75 Å². The average molecular weight is 779 g/mol. The molecule has 3 aromatic carbocycles. The SMILES string of the molecule is CC1(C)C(NC(=O)c2ccc(N3CCN(CCCCc4cccc5c4C(=O)N(C4CCC(=O)NC4=O)C5=O)CC3)cc2)C(C)(C)C1Oc1ccc(C#N)c(Cl)c1. The number of rotatable bonds is 11. The second-order valence-electron chi connectivity index (χ2n) is 16.4. The molecule has 5 amide bonds. The van der Waals surface area contributed by atoms with Gasteiger partial charge in [-0.3, -0.25) is 39.1 Å². The fourth-order valence-corrected chi connectivity index (χ4v) is 9.52. The molecule has 3 aromatic rings. The van der Waals surface area contributed by atoms with Crippen LogP contribution in [0.2, 0.25) is 5.02 Å². The number of nitrogens with zero attached hydrogens (tertiary/aromatic N) is 4. The van der Waals surface area contributed by atoms with E-state index in [0.29, 0.717) is 39.4 Å². The number of ether oxygens (including phenoxy) is 1. The second kappa shape index (κ2) is 15.4. The zero-order valence-electron chi connectivity index (χ0n) is 32.2. The third-order valence-electron chi connectivity index (χ3n) is 12.0. The van der Waals surface area contributed by atoms with Crippen LogP contribution in [0, 0.1) is 22.2 Å². The van der Waals surface area contributed by atoms with Crippen LogP contribution in [0.15, 0.2) is 60.7 Å². The lowest BCUT2D eigenvalue weighted by atomic mass is 9.49. The monoisotopic (exact) mass is 778 g/mol. The van der Waals surface area contributed by atoms with Gasteiger partial charge in [0.15, 0.2) is 0 Å². The molecule has 292 valence electrons. The molecule has 0 spiro atoms. The number of benzene rings is 3. The maximum atomic E-state index is 13.5. The number of fused-ring (bicyclic) bond motifs is 1. The first-order chi connectivity index (χ1) is 26.7. The Morgan fingerprint density at radius 3 is 2.32 bits per heavy atom. The zero-order valence-corrected chi connectivity index (χ0v) is 32.9. The van der Waals surface area contributed by atoms with Gasteiger partial charge in [-0.25, -0.2) is 0 Å². The van der Waals surface area contributed by atoms with Crippen LogP contribution in [0.25, 0.3) is 0 Å². The van der Waals surface area contributed by atoms with Gasteiger partial charge in [0.1, 0.15) is 24.0 Å². The molecule has 2 N–H and O–H groups in total. The van der Waals surface area contributed by atoms with Gasteiger partial charge in [0, 0.05) is 66.8 Å². The number of halogens is 1. The van der Waals surface area contributed by atoms with E-state index < -0.39 is 29.7 Å². The summed E-state index contributed by atoms with van der Waals surface area (Å²) in [5.74, 6) is -1.48. The van der Waals surface area contributed by atoms with E-state index in [1.165, 1.54) is 0 Å². The van der Waals surface area contributed by atoms with Crippen molar-refractivity contribution in [3.63, 3.8) is 0 Å². The molecule has 1 saturated carbocycles. The molecule has 1 unspecified atom stereocenters. The Hall–Kier alpha value is -5.25. The molecule has 12 nitrogen and oxygen atoms in total. The minimum Gasteiger partial charge on any atom is -0.489 e. The van der Waals surface area contributed by atoms with Crippen molar-refractivity contribution < 1.29 is 28.7 Å². The van der Waals surface area contributed by atoms with E-state index in [1.807, 2.05) is 30.3 Å². The van der Waals surface area contributed by atoms with Gasteiger partial charge in [0.25, 0.3) is 17.7 Å². The highest BCUT2D eigenvalue weighted by Gasteiger charge is 2.64. The summed E-state index contributed by atoms with van der Waals surface area (Å²) in [6, 6.07) is 19.1. The number of carbonyl (C=O) groups is 5. The van der Waals surface area contributed by atoms with Gasteiger partial charge in [-0.05, 0) is 80.3 Å². The largest absolute Gasteiger partial charge is 0.489 e. The maximum absolute atomic E-state index is 13.5. The molecular formula is C43H47ClN6O6. The topological polar surface area (TPSA) is 152 Å². The van der Waals surface area contributed by atoms with Crippen molar-refractivity contribution in [3.05, 3.63) is 93.5 Å². The Kier molecular flexibility index (Phi) is 10.7. The lowest BCUT2D eigenvalue weighted by Gasteiger charge is -2.63. The van der Waals surface area contributed by atoms with E-state index in [0.717, 1.165) is 61.7 Å². The molecular weight excluding hydrogens is 732 g/mol. The van der Waals surface area contributed by atoms with Crippen molar-refractivity contribution >= 4 is 46.8 Å². The molecule has 0 radical (unpaired) electrons. The van der Waals surface area contributed by atoms with Crippen LogP contribution < -0.4 is 20.3 Å². The molecule has 1 atom stereocenters. The van der Waals surface area contributed by atoms with Gasteiger partial charge in [0.05, 0.1) is 21.7 Å². The van der Waals surface area contributed by atoms with Crippen LogP contribution in [-0.4, -0.2) is 90.2 Å².